The Morgan fingerprint density at radius 3 is 3.00 bits per heavy atom. The second-order valence-electron chi connectivity index (χ2n) is 8.25. The molecule has 1 aliphatic rings. The lowest BCUT2D eigenvalue weighted by atomic mass is 10.1. The van der Waals surface area contributed by atoms with Crippen LogP contribution < -0.4 is 10.1 Å². The lowest BCUT2D eigenvalue weighted by Crippen LogP contribution is -2.20. The highest BCUT2D eigenvalue weighted by molar-refractivity contribution is 7.99. The largest absolute Gasteiger partial charge is 0.486 e. The topological polar surface area (TPSA) is 81.9 Å². The molecule has 1 amide bonds. The number of allylic oxidation sites excluding steroid dienone is 2. The minimum absolute atomic E-state index is 0.150. The van der Waals surface area contributed by atoms with Crippen molar-refractivity contribution >= 4 is 17.7 Å². The first-order valence-electron chi connectivity index (χ1n) is 11.9. The number of pyridine rings is 1. The Kier molecular flexibility index (Phi) is 8.95. The molecule has 0 saturated heterocycles. The van der Waals surface area contributed by atoms with Gasteiger partial charge in [0.25, 0.3) is 0 Å². The van der Waals surface area contributed by atoms with E-state index in [1.165, 1.54) is 12.5 Å². The zero-order chi connectivity index (χ0) is 25.2. The van der Waals surface area contributed by atoms with Crippen LogP contribution >= 0.6 is 11.8 Å². The van der Waals surface area contributed by atoms with Crippen molar-refractivity contribution in [2.24, 2.45) is 0 Å². The van der Waals surface area contributed by atoms with E-state index in [0.717, 1.165) is 40.6 Å². The molecule has 0 saturated carbocycles. The third kappa shape index (κ3) is 6.86. The fourth-order valence-electron chi connectivity index (χ4n) is 3.73. The maximum atomic E-state index is 11.5. The van der Waals surface area contributed by atoms with Gasteiger partial charge in [0.05, 0.1) is 18.4 Å². The maximum absolute atomic E-state index is 11.5. The van der Waals surface area contributed by atoms with Crippen LogP contribution in [0.25, 0.3) is 5.69 Å². The third-order valence-corrected chi connectivity index (χ3v) is 6.70. The van der Waals surface area contributed by atoms with Crippen LogP contribution in [-0.4, -0.2) is 37.5 Å². The average Bonchev–Trinajstić information content (AvgIpc) is 3.29. The van der Waals surface area contributed by atoms with E-state index in [-0.39, 0.29) is 12.5 Å². The second kappa shape index (κ2) is 12.8. The maximum Gasteiger partial charge on any atom is 0.244 e. The number of amides is 1. The quantitative estimate of drug-likeness (QED) is 0.273. The fraction of sp³-hybridized carbons (Fsp3) is 0.286. The van der Waals surface area contributed by atoms with Crippen molar-refractivity contribution < 1.29 is 9.53 Å². The molecule has 3 aromatic rings. The summed E-state index contributed by atoms with van der Waals surface area (Å²) in [6.07, 6.45) is 14.7. The minimum Gasteiger partial charge on any atom is -0.486 e. The highest BCUT2D eigenvalue weighted by Gasteiger charge is 2.19. The third-order valence-electron chi connectivity index (χ3n) is 5.53. The normalized spacial score (nSPS) is 14.9. The SMILES string of the molecule is C/C=C/C(=O)NCC#Cc1ccc(OCc2nnc(SC3C=CCCC3)n2-c2cccnc2)cc1C. The van der Waals surface area contributed by atoms with Gasteiger partial charge in [-0.1, -0.05) is 41.8 Å². The van der Waals surface area contributed by atoms with E-state index >= 15 is 0 Å². The van der Waals surface area contributed by atoms with Crippen LogP contribution in [0.1, 0.15) is 43.1 Å². The van der Waals surface area contributed by atoms with Gasteiger partial charge in [-0.15, -0.1) is 10.2 Å². The Labute approximate surface area is 216 Å². The van der Waals surface area contributed by atoms with Crippen LogP contribution in [0.2, 0.25) is 0 Å². The predicted octanol–water partition coefficient (Wildman–Crippen LogP) is 4.79. The van der Waals surface area contributed by atoms with Crippen molar-refractivity contribution in [1.82, 2.24) is 25.1 Å². The fourth-order valence-corrected chi connectivity index (χ4v) is 4.87. The van der Waals surface area contributed by atoms with Gasteiger partial charge < -0.3 is 10.1 Å². The highest BCUT2D eigenvalue weighted by atomic mass is 32.2. The molecule has 1 aromatic carbocycles. The number of rotatable bonds is 8. The molecular formula is C28H29N5O2S. The summed E-state index contributed by atoms with van der Waals surface area (Å²) in [4.78, 5) is 15.7. The van der Waals surface area contributed by atoms with Crippen molar-refractivity contribution in [3.63, 3.8) is 0 Å². The molecule has 4 rings (SSSR count). The molecular weight excluding hydrogens is 470 g/mol. The molecule has 1 unspecified atom stereocenters. The zero-order valence-electron chi connectivity index (χ0n) is 20.5. The number of aryl methyl sites for hydroxylation is 1. The van der Waals surface area contributed by atoms with Gasteiger partial charge in [0.1, 0.15) is 12.4 Å². The molecule has 1 aliphatic carbocycles. The lowest BCUT2D eigenvalue weighted by molar-refractivity contribution is -0.116. The monoisotopic (exact) mass is 499 g/mol. The molecule has 0 spiro atoms. The summed E-state index contributed by atoms with van der Waals surface area (Å²) in [6.45, 7) is 4.35. The van der Waals surface area contributed by atoms with Gasteiger partial charge in [-0.3, -0.25) is 14.3 Å². The van der Waals surface area contributed by atoms with Crippen LogP contribution in [0, 0.1) is 18.8 Å². The zero-order valence-corrected chi connectivity index (χ0v) is 21.3. The molecule has 0 bridgehead atoms. The molecule has 36 heavy (non-hydrogen) atoms. The van der Waals surface area contributed by atoms with Crippen molar-refractivity contribution in [2.75, 3.05) is 6.54 Å². The van der Waals surface area contributed by atoms with E-state index in [2.05, 4.69) is 44.5 Å². The molecule has 1 atom stereocenters. The second-order valence-corrected chi connectivity index (χ2v) is 9.45. The standard InChI is InChI=1S/C28H29N5O2S/c1-3-9-27(34)30-17-7-10-22-14-15-24(18-21(22)2)35-20-26-31-32-28(36-25-12-5-4-6-13-25)33(26)23-11-8-16-29-19-23/h3,5,8-9,11-12,14-16,18-19,25H,4,6,13,17,20H2,1-2H3,(H,30,34)/b9-3+. The number of hydrogen-bond acceptors (Lipinski definition) is 6. The number of aromatic nitrogens is 4. The first kappa shape index (κ1) is 25.3. The number of ether oxygens (including phenoxy) is 1. The summed E-state index contributed by atoms with van der Waals surface area (Å²) in [5, 5.41) is 12.9. The van der Waals surface area contributed by atoms with Crippen LogP contribution in [0.5, 0.6) is 5.75 Å². The summed E-state index contributed by atoms with van der Waals surface area (Å²) in [7, 11) is 0. The lowest BCUT2D eigenvalue weighted by Gasteiger charge is -2.16. The Morgan fingerprint density at radius 1 is 1.33 bits per heavy atom. The van der Waals surface area contributed by atoms with Crippen molar-refractivity contribution in [3.8, 4) is 23.3 Å². The Morgan fingerprint density at radius 2 is 2.25 bits per heavy atom. The molecule has 184 valence electrons. The number of nitrogens with one attached hydrogen (secondary N) is 1. The van der Waals surface area contributed by atoms with Crippen molar-refractivity contribution in [2.45, 2.75) is 50.1 Å². The molecule has 2 heterocycles. The van der Waals surface area contributed by atoms with E-state index in [1.807, 2.05) is 48.0 Å². The van der Waals surface area contributed by atoms with Crippen molar-refractivity contribution in [3.05, 3.63) is 84.0 Å². The first-order valence-corrected chi connectivity index (χ1v) is 12.8. The van der Waals surface area contributed by atoms with Gasteiger partial charge in [0, 0.05) is 17.0 Å². The minimum atomic E-state index is -0.150. The van der Waals surface area contributed by atoms with Gasteiger partial charge in [0.2, 0.25) is 5.91 Å². The summed E-state index contributed by atoms with van der Waals surface area (Å²) in [5.74, 6) is 7.37. The smallest absolute Gasteiger partial charge is 0.244 e. The molecule has 1 N–H and O–H groups in total. The van der Waals surface area contributed by atoms with E-state index in [0.29, 0.717) is 17.6 Å². The number of carbonyl (C=O) groups excluding carboxylic acids is 1. The predicted molar refractivity (Wildman–Crippen MR) is 142 cm³/mol. The van der Waals surface area contributed by atoms with Crippen LogP contribution in [0.3, 0.4) is 0 Å². The Balaban J connectivity index is 1.45. The Bertz CT molecular complexity index is 1300. The van der Waals surface area contributed by atoms with Gasteiger partial charge in [-0.2, -0.15) is 0 Å². The first-order chi connectivity index (χ1) is 17.6. The molecule has 0 aliphatic heterocycles. The van der Waals surface area contributed by atoms with E-state index in [4.69, 9.17) is 4.74 Å². The highest BCUT2D eigenvalue weighted by Crippen LogP contribution is 2.31. The number of thioether (sulfide) groups is 1. The number of benzene rings is 1. The van der Waals surface area contributed by atoms with E-state index < -0.39 is 0 Å². The summed E-state index contributed by atoms with van der Waals surface area (Å²) >= 11 is 1.72. The molecule has 8 heteroatoms. The van der Waals surface area contributed by atoms with E-state index in [9.17, 15) is 4.79 Å². The molecule has 0 fully saturated rings. The number of nitrogens with zero attached hydrogens (tertiary/aromatic N) is 4. The van der Waals surface area contributed by atoms with Gasteiger partial charge in [-0.25, -0.2) is 0 Å². The van der Waals surface area contributed by atoms with Gasteiger partial charge in [0.15, 0.2) is 11.0 Å². The van der Waals surface area contributed by atoms with Gasteiger partial charge >= 0.3 is 0 Å². The molecule has 7 nitrogen and oxygen atoms in total. The summed E-state index contributed by atoms with van der Waals surface area (Å²) in [5.41, 5.74) is 2.79. The van der Waals surface area contributed by atoms with Crippen LogP contribution in [0.4, 0.5) is 0 Å². The van der Waals surface area contributed by atoms with E-state index in [1.54, 1.807) is 31.0 Å². The molecule has 0 radical (unpaired) electrons. The Hall–Kier alpha value is -3.83. The number of carbonyl (C=O) groups is 1. The van der Waals surface area contributed by atoms with Crippen LogP contribution in [-0.2, 0) is 11.4 Å². The summed E-state index contributed by atoms with van der Waals surface area (Å²) < 4.78 is 8.12. The summed E-state index contributed by atoms with van der Waals surface area (Å²) in [6, 6.07) is 9.68. The number of hydrogen-bond donors (Lipinski definition) is 1. The van der Waals surface area contributed by atoms with Gasteiger partial charge in [-0.05, 0) is 75.1 Å². The average molecular weight is 500 g/mol. The van der Waals surface area contributed by atoms with Crippen molar-refractivity contribution in [1.29, 1.82) is 0 Å². The molecule has 2 aromatic heterocycles. The van der Waals surface area contributed by atoms with Crippen LogP contribution in [0.15, 0.2) is 72.2 Å².